The first-order valence-corrected chi connectivity index (χ1v) is 6.84. The van der Waals surface area contributed by atoms with E-state index in [1.807, 2.05) is 0 Å². The zero-order valence-electron chi connectivity index (χ0n) is 11.3. The molecule has 5 unspecified atom stereocenters. The number of primary amides is 1. The van der Waals surface area contributed by atoms with Crippen molar-refractivity contribution in [2.75, 3.05) is 6.54 Å². The summed E-state index contributed by atoms with van der Waals surface area (Å²) in [5, 5.41) is 2.68. The van der Waals surface area contributed by atoms with Gasteiger partial charge in [-0.1, -0.05) is 20.8 Å². The highest BCUT2D eigenvalue weighted by Crippen LogP contribution is 2.79. The summed E-state index contributed by atoms with van der Waals surface area (Å²) in [4.78, 5) is 22.9. The van der Waals surface area contributed by atoms with E-state index >= 15 is 0 Å². The van der Waals surface area contributed by atoms with E-state index < -0.39 is 5.91 Å². The molecule has 0 aliphatic heterocycles. The number of nitrogens with two attached hydrogens (primary N) is 1. The lowest BCUT2D eigenvalue weighted by atomic mass is 9.47. The second-order valence-electron chi connectivity index (χ2n) is 7.26. The van der Waals surface area contributed by atoms with Gasteiger partial charge in [0.25, 0.3) is 0 Å². The van der Waals surface area contributed by atoms with Gasteiger partial charge in [-0.15, -0.1) is 0 Å². The van der Waals surface area contributed by atoms with Crippen molar-refractivity contribution in [2.24, 2.45) is 40.2 Å². The van der Waals surface area contributed by atoms with Crippen molar-refractivity contribution in [2.45, 2.75) is 33.6 Å². The van der Waals surface area contributed by atoms with Gasteiger partial charge < -0.3 is 11.1 Å². The molecule has 4 aliphatic rings. The summed E-state index contributed by atoms with van der Waals surface area (Å²) in [6.07, 6.45) is 2.45. The van der Waals surface area contributed by atoms with E-state index in [9.17, 15) is 9.59 Å². The van der Waals surface area contributed by atoms with Crippen molar-refractivity contribution < 1.29 is 9.59 Å². The predicted octanol–water partition coefficient (Wildman–Crippen LogP) is 0.906. The molecule has 0 saturated heterocycles. The normalized spacial score (nSPS) is 46.6. The molecular weight excluding hydrogens is 228 g/mol. The number of rotatable bonds is 3. The average Bonchev–Trinajstić information content (AvgIpc) is 2.91. The van der Waals surface area contributed by atoms with Crippen LogP contribution in [0.25, 0.3) is 0 Å². The van der Waals surface area contributed by atoms with E-state index in [0.717, 1.165) is 12.3 Å². The minimum Gasteiger partial charge on any atom is -0.368 e. The van der Waals surface area contributed by atoms with Crippen LogP contribution in [-0.2, 0) is 9.59 Å². The Morgan fingerprint density at radius 3 is 2.50 bits per heavy atom. The zero-order chi connectivity index (χ0) is 13.3. The van der Waals surface area contributed by atoms with Crippen LogP contribution < -0.4 is 11.1 Å². The predicted molar refractivity (Wildman–Crippen MR) is 67.3 cm³/mol. The van der Waals surface area contributed by atoms with Crippen molar-refractivity contribution in [3.8, 4) is 0 Å². The van der Waals surface area contributed by atoms with Gasteiger partial charge in [-0.2, -0.15) is 0 Å². The molecule has 2 amide bonds. The molecule has 3 N–H and O–H groups in total. The van der Waals surface area contributed by atoms with Crippen LogP contribution in [0.2, 0.25) is 0 Å². The third kappa shape index (κ3) is 1.32. The van der Waals surface area contributed by atoms with E-state index in [1.54, 1.807) is 0 Å². The molecule has 4 rings (SSSR count). The molecule has 0 aromatic heterocycles. The number of carbonyl (C=O) groups is 2. The minimum absolute atomic E-state index is 0.0321. The Hall–Kier alpha value is -1.06. The zero-order valence-corrected chi connectivity index (χ0v) is 11.3. The van der Waals surface area contributed by atoms with Gasteiger partial charge in [0.2, 0.25) is 11.8 Å². The smallest absolute Gasteiger partial charge is 0.236 e. The highest BCUT2D eigenvalue weighted by molar-refractivity contribution is 5.87. The summed E-state index contributed by atoms with van der Waals surface area (Å²) in [5.41, 5.74) is 5.66. The lowest BCUT2D eigenvalue weighted by Crippen LogP contribution is -2.51. The van der Waals surface area contributed by atoms with Crippen molar-refractivity contribution in [3.63, 3.8) is 0 Å². The van der Waals surface area contributed by atoms with Crippen molar-refractivity contribution in [1.82, 2.24) is 5.32 Å². The first kappa shape index (κ1) is 12.0. The molecule has 0 spiro atoms. The molecule has 4 saturated carbocycles. The van der Waals surface area contributed by atoms with Gasteiger partial charge in [-0.3, -0.25) is 9.59 Å². The third-order valence-electron chi connectivity index (χ3n) is 6.11. The standard InChI is InChI=1S/C14H22N2O2/c1-13(2)7-4-8(13)10-11(14(10,3)5-7)12(18)16-6-9(15)17/h7-8,10-11H,4-6H2,1-3H3,(H2,15,17)(H,16,18). The van der Waals surface area contributed by atoms with Crippen molar-refractivity contribution in [1.29, 1.82) is 0 Å². The van der Waals surface area contributed by atoms with Crippen LogP contribution in [0.4, 0.5) is 0 Å². The van der Waals surface area contributed by atoms with Crippen LogP contribution in [0.15, 0.2) is 0 Å². The van der Waals surface area contributed by atoms with E-state index in [0.29, 0.717) is 17.3 Å². The number of carbonyl (C=O) groups excluding carboxylic acids is 2. The van der Waals surface area contributed by atoms with Crippen LogP contribution in [0.5, 0.6) is 0 Å². The Labute approximate surface area is 108 Å². The largest absolute Gasteiger partial charge is 0.368 e. The molecule has 0 heterocycles. The fraction of sp³-hybridized carbons (Fsp3) is 0.857. The fourth-order valence-corrected chi connectivity index (χ4v) is 4.85. The van der Waals surface area contributed by atoms with Gasteiger partial charge >= 0.3 is 0 Å². The number of hydrogen-bond donors (Lipinski definition) is 2. The Morgan fingerprint density at radius 1 is 1.33 bits per heavy atom. The number of nitrogens with one attached hydrogen (secondary N) is 1. The maximum absolute atomic E-state index is 12.1. The van der Waals surface area contributed by atoms with Crippen LogP contribution in [0, 0.1) is 34.5 Å². The molecule has 18 heavy (non-hydrogen) atoms. The summed E-state index contributed by atoms with van der Waals surface area (Å²) in [6.45, 7) is 6.88. The molecule has 0 aromatic rings. The van der Waals surface area contributed by atoms with Gasteiger partial charge in [0.1, 0.15) is 0 Å². The molecule has 4 heteroatoms. The van der Waals surface area contributed by atoms with Crippen LogP contribution in [0.3, 0.4) is 0 Å². The first-order valence-electron chi connectivity index (χ1n) is 6.84. The fourth-order valence-electron chi connectivity index (χ4n) is 4.85. The third-order valence-corrected chi connectivity index (χ3v) is 6.11. The Balaban J connectivity index is 1.70. The second-order valence-corrected chi connectivity index (χ2v) is 7.26. The highest BCUT2D eigenvalue weighted by atomic mass is 16.2. The van der Waals surface area contributed by atoms with Gasteiger partial charge in [-0.05, 0) is 41.4 Å². The molecule has 4 fully saturated rings. The Morgan fingerprint density at radius 2 is 2.00 bits per heavy atom. The van der Waals surface area contributed by atoms with Gasteiger partial charge in [0.15, 0.2) is 0 Å². The van der Waals surface area contributed by atoms with E-state index in [4.69, 9.17) is 5.73 Å². The number of hydrogen-bond acceptors (Lipinski definition) is 2. The molecule has 2 bridgehead atoms. The summed E-state index contributed by atoms with van der Waals surface area (Å²) in [5.74, 6) is 1.65. The van der Waals surface area contributed by atoms with Crippen LogP contribution >= 0.6 is 0 Å². The van der Waals surface area contributed by atoms with Gasteiger partial charge in [0, 0.05) is 5.92 Å². The molecule has 0 radical (unpaired) electrons. The summed E-state index contributed by atoms with van der Waals surface area (Å²) < 4.78 is 0. The first-order chi connectivity index (χ1) is 8.28. The molecule has 4 aliphatic carbocycles. The SMILES string of the molecule is CC1(C)C2CC1C1C(C(=O)NCC(N)=O)C1(C)C2. The van der Waals surface area contributed by atoms with Crippen molar-refractivity contribution >= 4 is 11.8 Å². The molecule has 5 atom stereocenters. The number of amides is 2. The quantitative estimate of drug-likeness (QED) is 0.781. The topological polar surface area (TPSA) is 72.2 Å². The lowest BCUT2D eigenvalue weighted by Gasteiger charge is -2.58. The maximum atomic E-state index is 12.1. The molecular formula is C14H22N2O2. The van der Waals surface area contributed by atoms with Crippen molar-refractivity contribution in [3.05, 3.63) is 0 Å². The summed E-state index contributed by atoms with van der Waals surface area (Å²) >= 11 is 0. The molecule has 0 aromatic carbocycles. The average molecular weight is 250 g/mol. The van der Waals surface area contributed by atoms with E-state index in [1.165, 1.54) is 6.42 Å². The molecule has 4 nitrogen and oxygen atoms in total. The summed E-state index contributed by atoms with van der Waals surface area (Å²) in [7, 11) is 0. The Bertz CT molecular complexity index is 432. The molecule has 100 valence electrons. The summed E-state index contributed by atoms with van der Waals surface area (Å²) in [6, 6.07) is 0. The van der Waals surface area contributed by atoms with Gasteiger partial charge in [0.05, 0.1) is 6.54 Å². The van der Waals surface area contributed by atoms with E-state index in [2.05, 4.69) is 26.1 Å². The maximum Gasteiger partial charge on any atom is 0.236 e. The van der Waals surface area contributed by atoms with Crippen LogP contribution in [0.1, 0.15) is 33.6 Å². The minimum atomic E-state index is -0.471. The van der Waals surface area contributed by atoms with Gasteiger partial charge in [-0.25, -0.2) is 0 Å². The highest BCUT2D eigenvalue weighted by Gasteiger charge is 2.76. The van der Waals surface area contributed by atoms with Crippen LogP contribution in [-0.4, -0.2) is 18.4 Å². The lowest BCUT2D eigenvalue weighted by molar-refractivity contribution is -0.126. The van der Waals surface area contributed by atoms with E-state index in [-0.39, 0.29) is 23.8 Å². The Kier molecular flexibility index (Phi) is 2.19. The monoisotopic (exact) mass is 250 g/mol. The second kappa shape index (κ2) is 3.28.